The van der Waals surface area contributed by atoms with Crippen molar-refractivity contribution in [1.82, 2.24) is 0 Å². The zero-order valence-corrected chi connectivity index (χ0v) is 14.9. The number of nitriles is 1. The molecule has 0 saturated carbocycles. The Morgan fingerprint density at radius 2 is 2.12 bits per heavy atom. The number of benzene rings is 1. The van der Waals surface area contributed by atoms with E-state index in [1.807, 2.05) is 38.1 Å². The summed E-state index contributed by atoms with van der Waals surface area (Å²) in [6, 6.07) is 9.63. The van der Waals surface area contributed by atoms with E-state index in [0.29, 0.717) is 10.6 Å². The van der Waals surface area contributed by atoms with Gasteiger partial charge in [0.25, 0.3) is 5.91 Å². The molecule has 1 amide bonds. The Morgan fingerprint density at radius 3 is 2.88 bits per heavy atom. The number of carbonyl (C=O) groups is 2. The predicted molar refractivity (Wildman–Crippen MR) is 95.3 cm³/mol. The summed E-state index contributed by atoms with van der Waals surface area (Å²) in [6.07, 6.45) is 0. The second-order valence-corrected chi connectivity index (χ2v) is 6.97. The van der Waals surface area contributed by atoms with Crippen molar-refractivity contribution in [3.05, 3.63) is 46.3 Å². The number of hydrogen-bond donors (Lipinski definition) is 1. The lowest BCUT2D eigenvalue weighted by Gasteiger charge is -2.07. The molecule has 0 aliphatic rings. The molecule has 7 heteroatoms. The van der Waals surface area contributed by atoms with Gasteiger partial charge in [-0.15, -0.1) is 23.1 Å². The Balaban J connectivity index is 1.78. The SMILES string of the molecule is Cc1ccc(C)c(SCC(=O)OCC(=O)Nc2sccc2C#N)c1. The molecule has 1 heterocycles. The van der Waals surface area contributed by atoms with Crippen LogP contribution in [0.1, 0.15) is 16.7 Å². The van der Waals surface area contributed by atoms with Crippen LogP contribution in [-0.2, 0) is 14.3 Å². The van der Waals surface area contributed by atoms with Gasteiger partial charge in [-0.3, -0.25) is 9.59 Å². The molecule has 1 N–H and O–H groups in total. The van der Waals surface area contributed by atoms with Crippen molar-refractivity contribution in [2.24, 2.45) is 0 Å². The normalized spacial score (nSPS) is 10.0. The van der Waals surface area contributed by atoms with E-state index in [4.69, 9.17) is 10.00 Å². The van der Waals surface area contributed by atoms with Gasteiger partial charge in [-0.25, -0.2) is 0 Å². The van der Waals surface area contributed by atoms with Gasteiger partial charge in [0.2, 0.25) is 0 Å². The molecule has 124 valence electrons. The number of esters is 1. The van der Waals surface area contributed by atoms with Crippen LogP contribution >= 0.6 is 23.1 Å². The molecule has 0 aliphatic heterocycles. The minimum atomic E-state index is -0.459. The van der Waals surface area contributed by atoms with Gasteiger partial charge in [-0.2, -0.15) is 5.26 Å². The first-order valence-electron chi connectivity index (χ1n) is 7.12. The monoisotopic (exact) mass is 360 g/mol. The fourth-order valence-electron chi connectivity index (χ4n) is 1.84. The number of nitrogens with one attached hydrogen (secondary N) is 1. The van der Waals surface area contributed by atoms with Crippen LogP contribution in [0, 0.1) is 25.2 Å². The topological polar surface area (TPSA) is 79.2 Å². The van der Waals surface area contributed by atoms with E-state index < -0.39 is 11.9 Å². The molecule has 0 fully saturated rings. The van der Waals surface area contributed by atoms with Gasteiger partial charge >= 0.3 is 5.97 Å². The first-order chi connectivity index (χ1) is 11.5. The van der Waals surface area contributed by atoms with Crippen molar-refractivity contribution in [3.63, 3.8) is 0 Å². The van der Waals surface area contributed by atoms with Crippen LogP contribution < -0.4 is 5.32 Å². The average molecular weight is 360 g/mol. The first-order valence-corrected chi connectivity index (χ1v) is 8.99. The Kier molecular flexibility index (Phi) is 6.41. The maximum Gasteiger partial charge on any atom is 0.316 e. The lowest BCUT2D eigenvalue weighted by Crippen LogP contribution is -2.21. The molecule has 2 aromatic rings. The number of ether oxygens (including phenoxy) is 1. The lowest BCUT2D eigenvalue weighted by molar-refractivity contribution is -0.144. The summed E-state index contributed by atoms with van der Waals surface area (Å²) in [6.45, 7) is 3.61. The summed E-state index contributed by atoms with van der Waals surface area (Å²) in [5.74, 6) is -0.776. The molecule has 1 aromatic carbocycles. The number of amides is 1. The molecule has 0 atom stereocenters. The third-order valence-electron chi connectivity index (χ3n) is 3.09. The highest BCUT2D eigenvalue weighted by Crippen LogP contribution is 2.24. The van der Waals surface area contributed by atoms with Gasteiger partial charge in [0.1, 0.15) is 11.1 Å². The Hall–Kier alpha value is -2.30. The van der Waals surface area contributed by atoms with Gasteiger partial charge in [-0.05, 0) is 36.9 Å². The highest BCUT2D eigenvalue weighted by molar-refractivity contribution is 8.00. The number of thioether (sulfide) groups is 1. The number of rotatable bonds is 6. The second kappa shape index (κ2) is 8.52. The Bertz CT molecular complexity index is 793. The van der Waals surface area contributed by atoms with Gasteiger partial charge in [0.15, 0.2) is 6.61 Å². The van der Waals surface area contributed by atoms with Crippen molar-refractivity contribution >= 4 is 40.0 Å². The average Bonchev–Trinajstić information content (AvgIpc) is 3.00. The van der Waals surface area contributed by atoms with E-state index in [1.165, 1.54) is 23.1 Å². The largest absolute Gasteiger partial charge is 0.455 e. The summed E-state index contributed by atoms with van der Waals surface area (Å²) in [5, 5.41) is 13.6. The van der Waals surface area contributed by atoms with Crippen LogP contribution in [0.4, 0.5) is 5.00 Å². The zero-order chi connectivity index (χ0) is 17.5. The fourth-order valence-corrected chi connectivity index (χ4v) is 3.52. The third-order valence-corrected chi connectivity index (χ3v) is 5.05. The van der Waals surface area contributed by atoms with Crippen molar-refractivity contribution in [2.45, 2.75) is 18.7 Å². The highest BCUT2D eigenvalue weighted by Gasteiger charge is 2.12. The summed E-state index contributed by atoms with van der Waals surface area (Å²) in [7, 11) is 0. The van der Waals surface area contributed by atoms with E-state index in [-0.39, 0.29) is 12.4 Å². The zero-order valence-electron chi connectivity index (χ0n) is 13.3. The Morgan fingerprint density at radius 1 is 1.33 bits per heavy atom. The molecule has 1 aromatic heterocycles. The van der Waals surface area contributed by atoms with E-state index in [0.717, 1.165) is 16.0 Å². The molecule has 0 aliphatic carbocycles. The van der Waals surface area contributed by atoms with Gasteiger partial charge < -0.3 is 10.1 Å². The molecular formula is C17H16N2O3S2. The van der Waals surface area contributed by atoms with E-state index >= 15 is 0 Å². The molecule has 0 bridgehead atoms. The second-order valence-electron chi connectivity index (χ2n) is 5.04. The van der Waals surface area contributed by atoms with Crippen LogP contribution in [0.5, 0.6) is 0 Å². The highest BCUT2D eigenvalue weighted by atomic mass is 32.2. The first kappa shape index (κ1) is 18.0. The van der Waals surface area contributed by atoms with Crippen molar-refractivity contribution in [3.8, 4) is 6.07 Å². The number of hydrogen-bond acceptors (Lipinski definition) is 6. The maximum atomic E-state index is 11.8. The molecule has 2 rings (SSSR count). The summed E-state index contributed by atoms with van der Waals surface area (Å²) < 4.78 is 4.97. The fraction of sp³-hybridized carbons (Fsp3) is 0.235. The molecule has 0 saturated heterocycles. The molecular weight excluding hydrogens is 344 g/mol. The summed E-state index contributed by atoms with van der Waals surface area (Å²) >= 11 is 2.63. The number of aryl methyl sites for hydroxylation is 2. The van der Waals surface area contributed by atoms with E-state index in [9.17, 15) is 9.59 Å². The van der Waals surface area contributed by atoms with Crippen molar-refractivity contribution < 1.29 is 14.3 Å². The Labute approximate surface area is 148 Å². The third kappa shape index (κ3) is 5.11. The van der Waals surface area contributed by atoms with E-state index in [2.05, 4.69) is 5.32 Å². The van der Waals surface area contributed by atoms with Crippen LogP contribution in [0.25, 0.3) is 0 Å². The van der Waals surface area contributed by atoms with Gasteiger partial charge in [0.05, 0.1) is 11.3 Å². The van der Waals surface area contributed by atoms with E-state index in [1.54, 1.807) is 11.4 Å². The summed E-state index contributed by atoms with van der Waals surface area (Å²) in [4.78, 5) is 24.5. The van der Waals surface area contributed by atoms with Gasteiger partial charge in [0, 0.05) is 4.90 Å². The quantitative estimate of drug-likeness (QED) is 0.630. The molecule has 0 spiro atoms. The smallest absolute Gasteiger partial charge is 0.316 e. The molecule has 0 radical (unpaired) electrons. The number of thiophene rings is 1. The molecule has 0 unspecified atom stereocenters. The van der Waals surface area contributed by atoms with Crippen molar-refractivity contribution in [2.75, 3.05) is 17.7 Å². The lowest BCUT2D eigenvalue weighted by atomic mass is 10.2. The minimum absolute atomic E-state index is 0.139. The molecule has 24 heavy (non-hydrogen) atoms. The summed E-state index contributed by atoms with van der Waals surface area (Å²) in [5.41, 5.74) is 2.61. The van der Waals surface area contributed by atoms with Crippen molar-refractivity contribution in [1.29, 1.82) is 5.26 Å². The standard InChI is InChI=1S/C17H16N2O3S2/c1-11-3-4-12(2)14(7-11)24-10-16(21)22-9-15(20)19-17-13(8-18)5-6-23-17/h3-7H,9-10H2,1-2H3,(H,19,20). The van der Waals surface area contributed by atoms with Crippen LogP contribution in [0.2, 0.25) is 0 Å². The van der Waals surface area contributed by atoms with Crippen LogP contribution in [0.3, 0.4) is 0 Å². The van der Waals surface area contributed by atoms with Gasteiger partial charge in [-0.1, -0.05) is 17.7 Å². The number of nitrogens with zero attached hydrogens (tertiary/aromatic N) is 1. The number of carbonyl (C=O) groups excluding carboxylic acids is 2. The van der Waals surface area contributed by atoms with Crippen LogP contribution in [-0.4, -0.2) is 24.2 Å². The molecule has 5 nitrogen and oxygen atoms in total. The maximum absolute atomic E-state index is 11.8. The number of anilines is 1. The minimum Gasteiger partial charge on any atom is -0.455 e. The van der Waals surface area contributed by atoms with Crippen LogP contribution in [0.15, 0.2) is 34.5 Å². The predicted octanol–water partition coefficient (Wildman–Crippen LogP) is 3.51.